The van der Waals surface area contributed by atoms with Crippen LogP contribution in [0.1, 0.15) is 12.5 Å². The minimum atomic E-state index is -0.157. The maximum absolute atomic E-state index is 12.7. The second-order valence-corrected chi connectivity index (χ2v) is 2.61. The zero-order valence-corrected chi connectivity index (χ0v) is 6.89. The normalized spacial score (nSPS) is 10.1. The summed E-state index contributed by atoms with van der Waals surface area (Å²) in [6.45, 7) is 4.03. The van der Waals surface area contributed by atoms with Crippen molar-refractivity contribution in [1.29, 1.82) is 0 Å². The van der Waals surface area contributed by atoms with Gasteiger partial charge in [0.15, 0.2) is 0 Å². The molecule has 2 radical (unpaired) electrons. The maximum atomic E-state index is 12.7. The monoisotopic (exact) mass is 149 g/mol. The Morgan fingerprint density at radius 1 is 1.45 bits per heavy atom. The number of rotatable bonds is 2. The molecule has 0 spiro atoms. The molecule has 1 rings (SSSR count). The number of hydrogen-bond acceptors (Lipinski definition) is 0. The Balaban J connectivity index is 2.93. The lowest BCUT2D eigenvalue weighted by Gasteiger charge is -2.16. The topological polar surface area (TPSA) is 0 Å². The van der Waals surface area contributed by atoms with E-state index < -0.39 is 0 Å². The standard InChI is InChI=1S/C9H11BF/c1-3-10-9-6-8(11)5-4-7(9)2/h4-6H,3H2,1-2H3/q-1. The summed E-state index contributed by atoms with van der Waals surface area (Å²) in [6.07, 6.45) is 0.949. The molecule has 0 aliphatic heterocycles. The fraction of sp³-hybridized carbons (Fsp3) is 0.333. The highest BCUT2D eigenvalue weighted by Gasteiger charge is 1.88. The molecule has 0 atom stereocenters. The lowest BCUT2D eigenvalue weighted by Crippen LogP contribution is -2.16. The maximum Gasteiger partial charge on any atom is 0.119 e. The Hall–Kier alpha value is -0.785. The van der Waals surface area contributed by atoms with Gasteiger partial charge in [0.1, 0.15) is 5.82 Å². The van der Waals surface area contributed by atoms with E-state index in [0.717, 1.165) is 17.3 Å². The van der Waals surface area contributed by atoms with E-state index in [0.29, 0.717) is 0 Å². The van der Waals surface area contributed by atoms with Gasteiger partial charge in [-0.1, -0.05) is 17.7 Å². The van der Waals surface area contributed by atoms with Crippen LogP contribution in [0.3, 0.4) is 0 Å². The quantitative estimate of drug-likeness (QED) is 0.563. The van der Waals surface area contributed by atoms with Crippen LogP contribution in [0, 0.1) is 12.7 Å². The average molecular weight is 149 g/mol. The van der Waals surface area contributed by atoms with Gasteiger partial charge in [-0.15, -0.1) is 6.92 Å². The SMILES string of the molecule is CC[B-]c1cc(F)ccc1C. The summed E-state index contributed by atoms with van der Waals surface area (Å²) in [5, 5.41) is 0. The van der Waals surface area contributed by atoms with Crippen LogP contribution in [0.2, 0.25) is 6.32 Å². The van der Waals surface area contributed by atoms with E-state index in [1.54, 1.807) is 12.1 Å². The minimum absolute atomic E-state index is 0.157. The van der Waals surface area contributed by atoms with Crippen LogP contribution in [-0.2, 0) is 0 Å². The molecule has 0 saturated heterocycles. The van der Waals surface area contributed by atoms with Crippen molar-refractivity contribution in [2.24, 2.45) is 0 Å². The van der Waals surface area contributed by atoms with Crippen LogP contribution < -0.4 is 5.46 Å². The lowest BCUT2D eigenvalue weighted by molar-refractivity contribution is 0.628. The second-order valence-electron chi connectivity index (χ2n) is 2.61. The summed E-state index contributed by atoms with van der Waals surface area (Å²) in [5.74, 6) is -0.157. The molecule has 1 aromatic rings. The predicted molar refractivity (Wildman–Crippen MR) is 47.0 cm³/mol. The van der Waals surface area contributed by atoms with Gasteiger partial charge in [-0.3, -0.25) is 12.7 Å². The van der Waals surface area contributed by atoms with Crippen LogP contribution in [-0.4, -0.2) is 7.28 Å². The third kappa shape index (κ3) is 2.07. The molecule has 11 heavy (non-hydrogen) atoms. The fourth-order valence-electron chi connectivity index (χ4n) is 1.05. The van der Waals surface area contributed by atoms with E-state index in [1.807, 2.05) is 21.1 Å². The largest absolute Gasteiger partial charge is 0.297 e. The molecule has 0 nitrogen and oxygen atoms in total. The molecule has 0 aliphatic rings. The molecule has 0 bridgehead atoms. The molecule has 0 aromatic heterocycles. The number of aryl methyl sites for hydroxylation is 1. The Morgan fingerprint density at radius 2 is 2.18 bits per heavy atom. The fourth-order valence-corrected chi connectivity index (χ4v) is 1.05. The Kier molecular flexibility index (Phi) is 2.69. The molecule has 2 heteroatoms. The van der Waals surface area contributed by atoms with Gasteiger partial charge in [0.2, 0.25) is 0 Å². The molecule has 1 aromatic carbocycles. The van der Waals surface area contributed by atoms with E-state index in [4.69, 9.17) is 0 Å². The minimum Gasteiger partial charge on any atom is -0.297 e. The summed E-state index contributed by atoms with van der Waals surface area (Å²) in [4.78, 5) is 0. The molecule has 0 fully saturated rings. The van der Waals surface area contributed by atoms with Gasteiger partial charge in [0.25, 0.3) is 0 Å². The molecule has 0 N–H and O–H groups in total. The van der Waals surface area contributed by atoms with Crippen molar-refractivity contribution in [3.8, 4) is 0 Å². The van der Waals surface area contributed by atoms with Crippen molar-refractivity contribution in [3.05, 3.63) is 29.6 Å². The molecule has 0 saturated carbocycles. The molecule has 58 valence electrons. The smallest absolute Gasteiger partial charge is 0.119 e. The molecular formula is C9H11BF-. The number of hydrogen-bond donors (Lipinski definition) is 0. The highest BCUT2D eigenvalue weighted by Crippen LogP contribution is 1.98. The van der Waals surface area contributed by atoms with Gasteiger partial charge in [-0.05, 0) is 13.0 Å². The van der Waals surface area contributed by atoms with Gasteiger partial charge >= 0.3 is 0 Å². The molecule has 0 heterocycles. The van der Waals surface area contributed by atoms with E-state index in [-0.39, 0.29) is 5.82 Å². The van der Waals surface area contributed by atoms with Crippen molar-refractivity contribution >= 4 is 12.7 Å². The van der Waals surface area contributed by atoms with Crippen LogP contribution in [0.15, 0.2) is 18.2 Å². The summed E-state index contributed by atoms with van der Waals surface area (Å²) in [5.41, 5.74) is 2.14. The summed E-state index contributed by atoms with van der Waals surface area (Å²) in [7, 11) is 2.03. The van der Waals surface area contributed by atoms with E-state index in [2.05, 4.69) is 0 Å². The summed E-state index contributed by atoms with van der Waals surface area (Å²) in [6, 6.07) is 4.86. The van der Waals surface area contributed by atoms with Crippen LogP contribution in [0.25, 0.3) is 0 Å². The first-order valence-electron chi connectivity index (χ1n) is 3.83. The Labute approximate surface area is 67.7 Å². The number of halogens is 1. The van der Waals surface area contributed by atoms with Crippen molar-refractivity contribution in [1.82, 2.24) is 0 Å². The van der Waals surface area contributed by atoms with Crippen LogP contribution in [0.4, 0.5) is 4.39 Å². The molecule has 0 unspecified atom stereocenters. The zero-order chi connectivity index (χ0) is 8.27. The van der Waals surface area contributed by atoms with Crippen molar-refractivity contribution in [2.75, 3.05) is 0 Å². The number of benzene rings is 1. The van der Waals surface area contributed by atoms with Gasteiger partial charge in [0.05, 0.1) is 0 Å². The highest BCUT2D eigenvalue weighted by atomic mass is 19.1. The van der Waals surface area contributed by atoms with Gasteiger partial charge in [-0.2, -0.15) is 0 Å². The van der Waals surface area contributed by atoms with Gasteiger partial charge < -0.3 is 0 Å². The third-order valence-corrected chi connectivity index (χ3v) is 1.67. The van der Waals surface area contributed by atoms with Crippen LogP contribution >= 0.6 is 0 Å². The van der Waals surface area contributed by atoms with E-state index in [1.165, 1.54) is 6.07 Å². The highest BCUT2D eigenvalue weighted by molar-refractivity contribution is 6.53. The summed E-state index contributed by atoms with van der Waals surface area (Å²) < 4.78 is 12.7. The third-order valence-electron chi connectivity index (χ3n) is 1.67. The zero-order valence-electron chi connectivity index (χ0n) is 6.89. The molecule has 0 amide bonds. The lowest BCUT2D eigenvalue weighted by atomic mass is 9.66. The van der Waals surface area contributed by atoms with Crippen molar-refractivity contribution in [3.63, 3.8) is 0 Å². The van der Waals surface area contributed by atoms with E-state index >= 15 is 0 Å². The summed E-state index contributed by atoms with van der Waals surface area (Å²) >= 11 is 0. The van der Waals surface area contributed by atoms with E-state index in [9.17, 15) is 4.39 Å². The first-order chi connectivity index (χ1) is 5.24. The van der Waals surface area contributed by atoms with Gasteiger partial charge in [0, 0.05) is 0 Å². The van der Waals surface area contributed by atoms with Crippen LogP contribution in [0.5, 0.6) is 0 Å². The van der Waals surface area contributed by atoms with Crippen molar-refractivity contribution in [2.45, 2.75) is 20.2 Å². The Morgan fingerprint density at radius 3 is 2.82 bits per heavy atom. The molecule has 0 aliphatic carbocycles. The second kappa shape index (κ2) is 3.56. The molecular weight excluding hydrogens is 138 g/mol. The Bertz CT molecular complexity index is 245. The first-order valence-corrected chi connectivity index (χ1v) is 3.83. The first kappa shape index (κ1) is 8.31. The van der Waals surface area contributed by atoms with Gasteiger partial charge in [-0.25, -0.2) is 10.7 Å². The average Bonchev–Trinajstić information content (AvgIpc) is 1.98. The predicted octanol–water partition coefficient (Wildman–Crippen LogP) is 1.90. The van der Waals surface area contributed by atoms with Crippen molar-refractivity contribution < 1.29 is 4.39 Å².